The first-order chi connectivity index (χ1) is 10.7. The summed E-state index contributed by atoms with van der Waals surface area (Å²) in [6.07, 6.45) is 2.48. The first kappa shape index (κ1) is 19.5. The number of rotatable bonds is 7. The van der Waals surface area contributed by atoms with Crippen LogP contribution in [0.3, 0.4) is 0 Å². The Kier molecular flexibility index (Phi) is 8.16. The molecular weight excluding hydrogens is 332 g/mol. The largest absolute Gasteiger partial charge is 0.320 e. The summed E-state index contributed by atoms with van der Waals surface area (Å²) in [5.41, 5.74) is 7.01. The maximum absolute atomic E-state index is 11.9. The number of hydrogen-bond acceptors (Lipinski definition) is 5. The van der Waals surface area contributed by atoms with E-state index in [1.165, 1.54) is 16.9 Å². The summed E-state index contributed by atoms with van der Waals surface area (Å²) in [6.45, 7) is 4.12. The molecule has 3 N–H and O–H groups in total. The fourth-order valence-corrected chi connectivity index (χ4v) is 3.26. The van der Waals surface area contributed by atoms with Crippen LogP contribution in [0.5, 0.6) is 0 Å². The number of carbonyl (C=O) groups is 1. The van der Waals surface area contributed by atoms with Crippen molar-refractivity contribution < 1.29 is 4.79 Å². The predicted octanol–water partition coefficient (Wildman–Crippen LogP) is 3.57. The Hall–Kier alpha value is -1.50. The van der Waals surface area contributed by atoms with Crippen molar-refractivity contribution in [3.8, 4) is 0 Å². The second-order valence-corrected chi connectivity index (χ2v) is 6.21. The summed E-state index contributed by atoms with van der Waals surface area (Å²) in [6, 6.07) is 9.72. The van der Waals surface area contributed by atoms with Crippen molar-refractivity contribution in [3.05, 3.63) is 40.9 Å². The van der Waals surface area contributed by atoms with E-state index in [4.69, 9.17) is 5.73 Å². The number of benzene rings is 1. The monoisotopic (exact) mass is 354 g/mol. The molecule has 7 heteroatoms. The summed E-state index contributed by atoms with van der Waals surface area (Å²) < 4.78 is 0. The third-order valence-electron chi connectivity index (χ3n) is 3.52. The quantitative estimate of drug-likeness (QED) is 0.796. The number of amides is 1. The Bertz CT molecular complexity index is 605. The fourth-order valence-electron chi connectivity index (χ4n) is 2.30. The first-order valence-corrected chi connectivity index (χ1v) is 8.42. The lowest BCUT2D eigenvalue weighted by atomic mass is 9.97. The van der Waals surface area contributed by atoms with Crippen molar-refractivity contribution in [1.29, 1.82) is 0 Å². The number of nitrogens with one attached hydrogen (secondary N) is 1. The van der Waals surface area contributed by atoms with Crippen LogP contribution in [0.1, 0.15) is 49.6 Å². The molecule has 1 aromatic heterocycles. The van der Waals surface area contributed by atoms with Crippen LogP contribution in [0.2, 0.25) is 0 Å². The molecule has 0 spiro atoms. The molecule has 1 amide bonds. The molecule has 0 saturated heterocycles. The minimum Gasteiger partial charge on any atom is -0.320 e. The fraction of sp³-hybridized carbons (Fsp3) is 0.438. The normalized spacial score (nSPS) is 13.0. The number of nitrogens with zero attached hydrogens (tertiary/aromatic N) is 2. The third kappa shape index (κ3) is 5.27. The molecule has 2 aromatic rings. The number of aromatic nitrogens is 2. The van der Waals surface area contributed by atoms with Crippen molar-refractivity contribution in [2.75, 3.05) is 5.32 Å². The zero-order chi connectivity index (χ0) is 15.9. The lowest BCUT2D eigenvalue weighted by Gasteiger charge is -2.11. The minimum absolute atomic E-state index is 0. The van der Waals surface area contributed by atoms with E-state index in [-0.39, 0.29) is 24.2 Å². The smallest absolute Gasteiger partial charge is 0.243 e. The molecule has 1 aromatic carbocycles. The van der Waals surface area contributed by atoms with Crippen molar-refractivity contribution in [2.24, 2.45) is 5.73 Å². The highest BCUT2D eigenvalue weighted by Gasteiger charge is 2.19. The van der Waals surface area contributed by atoms with E-state index in [1.54, 1.807) is 0 Å². The summed E-state index contributed by atoms with van der Waals surface area (Å²) in [7, 11) is 0. The zero-order valence-electron chi connectivity index (χ0n) is 13.4. The molecule has 126 valence electrons. The van der Waals surface area contributed by atoms with E-state index >= 15 is 0 Å². The van der Waals surface area contributed by atoms with Crippen molar-refractivity contribution in [1.82, 2.24) is 10.2 Å². The minimum atomic E-state index is -0.492. The second kappa shape index (κ2) is 9.60. The number of anilines is 1. The molecule has 0 fully saturated rings. The summed E-state index contributed by atoms with van der Waals surface area (Å²) in [5, 5.41) is 12.5. The van der Waals surface area contributed by atoms with Crippen LogP contribution in [-0.4, -0.2) is 22.1 Å². The van der Waals surface area contributed by atoms with Gasteiger partial charge in [-0.05, 0) is 18.4 Å². The molecule has 0 aliphatic rings. The lowest BCUT2D eigenvalue weighted by molar-refractivity contribution is -0.117. The van der Waals surface area contributed by atoms with Gasteiger partial charge in [-0.3, -0.25) is 10.1 Å². The molecule has 0 bridgehead atoms. The van der Waals surface area contributed by atoms with Gasteiger partial charge >= 0.3 is 0 Å². The average molecular weight is 355 g/mol. The standard InChI is InChI=1S/C16H22N4OS.ClH/c1-3-8-13(17)14(21)18-16-20-19-15(22-16)12(4-2)11-9-6-5-7-10-11;/h5-7,9-10,12-13H,3-4,8,17H2,1-2H3,(H,18,20,21);1H. The number of halogens is 1. The number of nitrogens with two attached hydrogens (primary N) is 1. The van der Waals surface area contributed by atoms with E-state index in [0.717, 1.165) is 17.8 Å². The van der Waals surface area contributed by atoms with Crippen LogP contribution < -0.4 is 11.1 Å². The summed E-state index contributed by atoms with van der Waals surface area (Å²) in [5.74, 6) is 0.00553. The molecule has 2 atom stereocenters. The zero-order valence-corrected chi connectivity index (χ0v) is 15.0. The van der Waals surface area contributed by atoms with E-state index < -0.39 is 6.04 Å². The highest BCUT2D eigenvalue weighted by Crippen LogP contribution is 2.31. The molecule has 0 aliphatic carbocycles. The highest BCUT2D eigenvalue weighted by molar-refractivity contribution is 7.15. The van der Waals surface area contributed by atoms with Crippen molar-refractivity contribution in [3.63, 3.8) is 0 Å². The van der Waals surface area contributed by atoms with Gasteiger partial charge in [-0.25, -0.2) is 0 Å². The summed E-state index contributed by atoms with van der Waals surface area (Å²) in [4.78, 5) is 11.9. The molecule has 0 aliphatic heterocycles. The molecule has 2 unspecified atom stereocenters. The first-order valence-electron chi connectivity index (χ1n) is 7.60. The highest BCUT2D eigenvalue weighted by atomic mass is 35.5. The maximum atomic E-state index is 11.9. The van der Waals surface area contributed by atoms with E-state index in [1.807, 2.05) is 25.1 Å². The number of hydrogen-bond donors (Lipinski definition) is 2. The Labute approximate surface area is 147 Å². The molecule has 1 heterocycles. The van der Waals surface area contributed by atoms with Gasteiger partial charge in [0.05, 0.1) is 6.04 Å². The molecule has 0 radical (unpaired) electrons. The van der Waals surface area contributed by atoms with Gasteiger partial charge in [0.25, 0.3) is 0 Å². The van der Waals surface area contributed by atoms with Gasteiger partial charge in [-0.1, -0.05) is 61.9 Å². The van der Waals surface area contributed by atoms with E-state index in [2.05, 4.69) is 34.6 Å². The molecule has 23 heavy (non-hydrogen) atoms. The van der Waals surface area contributed by atoms with Gasteiger partial charge in [-0.2, -0.15) is 0 Å². The van der Waals surface area contributed by atoms with E-state index in [0.29, 0.717) is 11.6 Å². The average Bonchev–Trinajstić information content (AvgIpc) is 2.97. The van der Waals surface area contributed by atoms with Gasteiger partial charge in [0.1, 0.15) is 5.01 Å². The van der Waals surface area contributed by atoms with Crippen LogP contribution in [0, 0.1) is 0 Å². The van der Waals surface area contributed by atoms with Crippen LogP contribution in [-0.2, 0) is 4.79 Å². The van der Waals surface area contributed by atoms with Gasteiger partial charge < -0.3 is 5.73 Å². The van der Waals surface area contributed by atoms with Crippen LogP contribution in [0.25, 0.3) is 0 Å². The van der Waals surface area contributed by atoms with Crippen molar-refractivity contribution >= 4 is 34.8 Å². The van der Waals surface area contributed by atoms with Crippen LogP contribution >= 0.6 is 23.7 Å². The lowest BCUT2D eigenvalue weighted by Crippen LogP contribution is -2.35. The Balaban J connectivity index is 0.00000264. The Morgan fingerprint density at radius 2 is 1.96 bits per heavy atom. The molecule has 2 rings (SSSR count). The Morgan fingerprint density at radius 1 is 1.26 bits per heavy atom. The Morgan fingerprint density at radius 3 is 2.57 bits per heavy atom. The van der Waals surface area contributed by atoms with E-state index in [9.17, 15) is 4.79 Å². The van der Waals surface area contributed by atoms with Gasteiger partial charge in [0, 0.05) is 5.92 Å². The number of carbonyl (C=O) groups excluding carboxylic acids is 1. The van der Waals surface area contributed by atoms with Gasteiger partial charge in [0.2, 0.25) is 11.0 Å². The second-order valence-electron chi connectivity index (χ2n) is 5.20. The van der Waals surface area contributed by atoms with Crippen molar-refractivity contribution in [2.45, 2.75) is 45.1 Å². The van der Waals surface area contributed by atoms with Gasteiger partial charge in [-0.15, -0.1) is 22.6 Å². The SMILES string of the molecule is CCCC(N)C(=O)Nc1nnc(C(CC)c2ccccc2)s1.Cl. The van der Waals surface area contributed by atoms with Gasteiger partial charge in [0.15, 0.2) is 0 Å². The summed E-state index contributed by atoms with van der Waals surface area (Å²) >= 11 is 1.41. The topological polar surface area (TPSA) is 80.9 Å². The van der Waals surface area contributed by atoms with Crippen LogP contribution in [0.4, 0.5) is 5.13 Å². The molecule has 0 saturated carbocycles. The molecular formula is C16H23ClN4OS. The maximum Gasteiger partial charge on any atom is 0.243 e. The molecule has 5 nitrogen and oxygen atoms in total. The van der Waals surface area contributed by atoms with Crippen LogP contribution in [0.15, 0.2) is 30.3 Å². The third-order valence-corrected chi connectivity index (χ3v) is 4.47. The predicted molar refractivity (Wildman–Crippen MR) is 97.2 cm³/mol.